The first-order valence-corrected chi connectivity index (χ1v) is 7.31. The molecule has 0 bridgehead atoms. The molecule has 0 heterocycles. The summed E-state index contributed by atoms with van der Waals surface area (Å²) in [4.78, 5) is 2.26. The van der Waals surface area contributed by atoms with Crippen LogP contribution in [0.25, 0.3) is 0 Å². The standard InChI is InChI=1S/C16H26FN3/c1-5-13(6-2)20(10-11(3)4)15-8-7-12(17)9-14(15)16(18)19/h7-9,11,13H,5-6,10H2,1-4H3,(H3,18,19). The van der Waals surface area contributed by atoms with E-state index >= 15 is 0 Å². The van der Waals surface area contributed by atoms with Gasteiger partial charge in [0.25, 0.3) is 0 Å². The van der Waals surface area contributed by atoms with Gasteiger partial charge in [-0.15, -0.1) is 0 Å². The van der Waals surface area contributed by atoms with Crippen molar-refractivity contribution in [2.24, 2.45) is 11.7 Å². The fourth-order valence-electron chi connectivity index (χ4n) is 2.54. The molecule has 0 aliphatic rings. The van der Waals surface area contributed by atoms with Crippen molar-refractivity contribution in [1.82, 2.24) is 0 Å². The van der Waals surface area contributed by atoms with Crippen molar-refractivity contribution < 1.29 is 4.39 Å². The smallest absolute Gasteiger partial charge is 0.125 e. The Labute approximate surface area is 121 Å². The van der Waals surface area contributed by atoms with E-state index in [2.05, 4.69) is 32.6 Å². The fraction of sp³-hybridized carbons (Fsp3) is 0.562. The van der Waals surface area contributed by atoms with Gasteiger partial charge in [0.2, 0.25) is 0 Å². The minimum Gasteiger partial charge on any atom is -0.384 e. The molecule has 0 radical (unpaired) electrons. The number of nitrogen functional groups attached to an aromatic ring is 1. The molecule has 0 aromatic heterocycles. The molecule has 0 aliphatic carbocycles. The Balaban J connectivity index is 3.28. The van der Waals surface area contributed by atoms with Gasteiger partial charge < -0.3 is 10.6 Å². The van der Waals surface area contributed by atoms with E-state index in [9.17, 15) is 4.39 Å². The van der Waals surface area contributed by atoms with Crippen LogP contribution >= 0.6 is 0 Å². The number of amidine groups is 1. The summed E-state index contributed by atoms with van der Waals surface area (Å²) in [7, 11) is 0. The van der Waals surface area contributed by atoms with Crippen LogP contribution in [0.5, 0.6) is 0 Å². The van der Waals surface area contributed by atoms with Gasteiger partial charge in [-0.25, -0.2) is 4.39 Å². The molecule has 0 aliphatic heterocycles. The molecule has 1 aromatic rings. The van der Waals surface area contributed by atoms with Crippen LogP contribution in [-0.2, 0) is 0 Å². The van der Waals surface area contributed by atoms with Gasteiger partial charge in [-0.3, -0.25) is 5.41 Å². The predicted molar refractivity (Wildman–Crippen MR) is 84.0 cm³/mol. The van der Waals surface area contributed by atoms with Crippen LogP contribution in [0.3, 0.4) is 0 Å². The van der Waals surface area contributed by atoms with Gasteiger partial charge in [-0.1, -0.05) is 27.7 Å². The number of hydrogen-bond donors (Lipinski definition) is 2. The molecule has 1 rings (SSSR count). The minimum absolute atomic E-state index is 0.0841. The molecule has 0 amide bonds. The van der Waals surface area contributed by atoms with Crippen LogP contribution < -0.4 is 10.6 Å². The molecule has 0 saturated heterocycles. The maximum atomic E-state index is 13.4. The first kappa shape index (κ1) is 16.5. The molecular weight excluding hydrogens is 253 g/mol. The van der Waals surface area contributed by atoms with Gasteiger partial charge in [-0.05, 0) is 37.0 Å². The summed E-state index contributed by atoms with van der Waals surface area (Å²) in [6.45, 7) is 9.49. The van der Waals surface area contributed by atoms with Gasteiger partial charge >= 0.3 is 0 Å². The molecule has 0 atom stereocenters. The number of nitrogens with two attached hydrogens (primary N) is 1. The van der Waals surface area contributed by atoms with Crippen LogP contribution in [0.1, 0.15) is 46.1 Å². The molecule has 3 N–H and O–H groups in total. The van der Waals surface area contributed by atoms with E-state index in [0.717, 1.165) is 25.1 Å². The molecular formula is C16H26FN3. The van der Waals surface area contributed by atoms with Crippen molar-refractivity contribution in [3.05, 3.63) is 29.6 Å². The third kappa shape index (κ3) is 3.95. The summed E-state index contributed by atoms with van der Waals surface area (Å²) in [6, 6.07) is 4.92. The Bertz CT molecular complexity index is 453. The Morgan fingerprint density at radius 2 is 1.90 bits per heavy atom. The average molecular weight is 279 g/mol. The molecule has 0 saturated carbocycles. The first-order chi connectivity index (χ1) is 9.40. The quantitative estimate of drug-likeness (QED) is 0.590. The molecule has 0 spiro atoms. The van der Waals surface area contributed by atoms with Gasteiger partial charge in [0.05, 0.1) is 0 Å². The SMILES string of the molecule is CCC(CC)N(CC(C)C)c1ccc(F)cc1C(=N)N. The van der Waals surface area contributed by atoms with E-state index in [0.29, 0.717) is 17.5 Å². The van der Waals surface area contributed by atoms with Gasteiger partial charge in [0.15, 0.2) is 0 Å². The number of nitrogens with zero attached hydrogens (tertiary/aromatic N) is 1. The summed E-state index contributed by atoms with van der Waals surface area (Å²) >= 11 is 0. The van der Waals surface area contributed by atoms with Crippen molar-refractivity contribution in [3.63, 3.8) is 0 Å². The zero-order valence-corrected chi connectivity index (χ0v) is 12.9. The van der Waals surface area contributed by atoms with E-state index in [1.54, 1.807) is 6.07 Å². The van der Waals surface area contributed by atoms with Crippen molar-refractivity contribution in [3.8, 4) is 0 Å². The van der Waals surface area contributed by atoms with E-state index < -0.39 is 0 Å². The average Bonchev–Trinajstić information content (AvgIpc) is 2.38. The van der Waals surface area contributed by atoms with Crippen molar-refractivity contribution in [2.45, 2.75) is 46.6 Å². The molecule has 1 aromatic carbocycles. The monoisotopic (exact) mass is 279 g/mol. The summed E-state index contributed by atoms with van der Waals surface area (Å²) in [5, 5.41) is 7.69. The van der Waals surface area contributed by atoms with Crippen LogP contribution in [0.2, 0.25) is 0 Å². The largest absolute Gasteiger partial charge is 0.384 e. The summed E-state index contributed by atoms with van der Waals surface area (Å²) < 4.78 is 13.4. The zero-order valence-electron chi connectivity index (χ0n) is 12.9. The fourth-order valence-corrected chi connectivity index (χ4v) is 2.54. The summed E-state index contributed by atoms with van der Waals surface area (Å²) in [5.41, 5.74) is 6.97. The molecule has 0 unspecified atom stereocenters. The van der Waals surface area contributed by atoms with E-state index in [-0.39, 0.29) is 11.7 Å². The highest BCUT2D eigenvalue weighted by Gasteiger charge is 2.21. The number of benzene rings is 1. The highest BCUT2D eigenvalue weighted by Crippen LogP contribution is 2.26. The Morgan fingerprint density at radius 1 is 1.30 bits per heavy atom. The lowest BCUT2D eigenvalue weighted by atomic mass is 10.0. The molecule has 3 nitrogen and oxygen atoms in total. The number of anilines is 1. The van der Waals surface area contributed by atoms with Crippen LogP contribution in [0.15, 0.2) is 18.2 Å². The van der Waals surface area contributed by atoms with Gasteiger partial charge in [0.1, 0.15) is 11.7 Å². The maximum absolute atomic E-state index is 13.4. The van der Waals surface area contributed by atoms with E-state index in [1.807, 2.05) is 0 Å². The topological polar surface area (TPSA) is 53.1 Å². The zero-order chi connectivity index (χ0) is 15.3. The number of nitrogens with one attached hydrogen (secondary N) is 1. The van der Waals surface area contributed by atoms with Crippen LogP contribution in [0.4, 0.5) is 10.1 Å². The van der Waals surface area contributed by atoms with Crippen molar-refractivity contribution in [1.29, 1.82) is 5.41 Å². The summed E-state index contributed by atoms with van der Waals surface area (Å²) in [5.74, 6) is 0.0488. The van der Waals surface area contributed by atoms with Crippen molar-refractivity contribution in [2.75, 3.05) is 11.4 Å². The maximum Gasteiger partial charge on any atom is 0.125 e. The lowest BCUT2D eigenvalue weighted by Gasteiger charge is -2.35. The normalized spacial score (nSPS) is 11.2. The molecule has 20 heavy (non-hydrogen) atoms. The highest BCUT2D eigenvalue weighted by atomic mass is 19.1. The second-order valence-electron chi connectivity index (χ2n) is 5.59. The lowest BCUT2D eigenvalue weighted by Crippen LogP contribution is -2.38. The van der Waals surface area contributed by atoms with Crippen molar-refractivity contribution >= 4 is 11.5 Å². The number of rotatable bonds is 7. The number of hydrogen-bond acceptors (Lipinski definition) is 2. The predicted octanol–water partition coefficient (Wildman–Crippen LogP) is 3.76. The second-order valence-corrected chi connectivity index (χ2v) is 5.59. The number of halogens is 1. The Hall–Kier alpha value is -1.58. The lowest BCUT2D eigenvalue weighted by molar-refractivity contribution is 0.507. The summed E-state index contributed by atoms with van der Waals surface area (Å²) in [6.07, 6.45) is 2.02. The van der Waals surface area contributed by atoms with E-state index in [4.69, 9.17) is 11.1 Å². The highest BCUT2D eigenvalue weighted by molar-refractivity contribution is 6.00. The third-order valence-electron chi connectivity index (χ3n) is 3.50. The minimum atomic E-state index is -0.354. The third-order valence-corrected chi connectivity index (χ3v) is 3.50. The van der Waals surface area contributed by atoms with E-state index in [1.165, 1.54) is 12.1 Å². The Morgan fingerprint density at radius 3 is 2.35 bits per heavy atom. The molecule has 0 fully saturated rings. The van der Waals surface area contributed by atoms with Gasteiger partial charge in [0, 0.05) is 23.8 Å². The van der Waals surface area contributed by atoms with Crippen LogP contribution in [-0.4, -0.2) is 18.4 Å². The second kappa shape index (κ2) is 7.27. The first-order valence-electron chi connectivity index (χ1n) is 7.31. The molecule has 4 heteroatoms. The van der Waals surface area contributed by atoms with Crippen LogP contribution in [0, 0.1) is 17.1 Å². The molecule has 112 valence electrons. The van der Waals surface area contributed by atoms with Gasteiger partial charge in [-0.2, -0.15) is 0 Å². The Kier molecular flexibility index (Phi) is 5.99.